The molecular formula is C10H10IN3. The highest BCUT2D eigenvalue weighted by atomic mass is 127. The van der Waals surface area contributed by atoms with Gasteiger partial charge in [-0.3, -0.25) is 0 Å². The summed E-state index contributed by atoms with van der Waals surface area (Å²) in [5.74, 6) is 0.691. The van der Waals surface area contributed by atoms with E-state index in [-0.39, 0.29) is 0 Å². The summed E-state index contributed by atoms with van der Waals surface area (Å²) in [6.07, 6.45) is 1.76. The Hall–Kier alpha value is -1.04. The highest BCUT2D eigenvalue weighted by molar-refractivity contribution is 14.1. The molecular weight excluding hydrogens is 289 g/mol. The predicted octanol–water partition coefficient (Wildman–Crippen LogP) is 2.37. The third-order valence-electron chi connectivity index (χ3n) is 2.01. The second-order valence-corrected chi connectivity index (χ2v) is 4.29. The van der Waals surface area contributed by atoms with Crippen LogP contribution in [0.4, 0.5) is 5.82 Å². The van der Waals surface area contributed by atoms with Crippen molar-refractivity contribution in [3.8, 4) is 5.69 Å². The average molecular weight is 299 g/mol. The molecule has 0 unspecified atom stereocenters. The Morgan fingerprint density at radius 2 is 2.21 bits per heavy atom. The Kier molecular flexibility index (Phi) is 2.45. The quantitative estimate of drug-likeness (QED) is 0.822. The molecule has 2 rings (SSSR count). The third kappa shape index (κ3) is 1.61. The number of hydrogen-bond donors (Lipinski definition) is 1. The van der Waals surface area contributed by atoms with Crippen LogP contribution in [0.3, 0.4) is 0 Å². The molecule has 0 bridgehead atoms. The minimum atomic E-state index is 0.691. The lowest BCUT2D eigenvalue weighted by atomic mass is 10.2. The van der Waals surface area contributed by atoms with Gasteiger partial charge in [-0.15, -0.1) is 0 Å². The zero-order chi connectivity index (χ0) is 10.1. The van der Waals surface area contributed by atoms with Gasteiger partial charge in [-0.25, -0.2) is 4.68 Å². The van der Waals surface area contributed by atoms with Crippen LogP contribution in [-0.2, 0) is 0 Å². The molecule has 0 radical (unpaired) electrons. The van der Waals surface area contributed by atoms with Crippen LogP contribution in [0, 0.1) is 10.5 Å². The van der Waals surface area contributed by atoms with E-state index in [1.807, 2.05) is 25.1 Å². The van der Waals surface area contributed by atoms with Crippen molar-refractivity contribution in [2.75, 3.05) is 5.73 Å². The molecule has 0 amide bonds. The van der Waals surface area contributed by atoms with Crippen LogP contribution < -0.4 is 5.73 Å². The molecule has 0 aliphatic rings. The fraction of sp³-hybridized carbons (Fsp3) is 0.100. The lowest BCUT2D eigenvalue weighted by Gasteiger charge is -2.04. The highest BCUT2D eigenvalue weighted by Crippen LogP contribution is 2.18. The summed E-state index contributed by atoms with van der Waals surface area (Å²) in [5.41, 5.74) is 8.08. The van der Waals surface area contributed by atoms with E-state index in [1.165, 1.54) is 5.56 Å². The Morgan fingerprint density at radius 3 is 2.79 bits per heavy atom. The van der Waals surface area contributed by atoms with Crippen molar-refractivity contribution >= 4 is 28.4 Å². The van der Waals surface area contributed by atoms with Gasteiger partial charge in [0.2, 0.25) is 0 Å². The fourth-order valence-electron chi connectivity index (χ4n) is 1.30. The molecule has 0 spiro atoms. The summed E-state index contributed by atoms with van der Waals surface area (Å²) < 4.78 is 2.72. The number of nitrogens with two attached hydrogens (primary N) is 1. The molecule has 1 heterocycles. The molecule has 1 aromatic heterocycles. The maximum absolute atomic E-state index is 5.88. The molecule has 0 aliphatic carbocycles. The second-order valence-electron chi connectivity index (χ2n) is 3.13. The summed E-state index contributed by atoms with van der Waals surface area (Å²) in [7, 11) is 0. The average Bonchev–Trinajstić information content (AvgIpc) is 2.48. The standard InChI is InChI=1S/C10H10IN3/c1-7-3-2-4-8(5-7)14-10(12)9(11)6-13-14/h2-6H,12H2,1H3. The number of benzene rings is 1. The first-order chi connectivity index (χ1) is 6.68. The minimum Gasteiger partial charge on any atom is -0.383 e. The molecule has 72 valence electrons. The van der Waals surface area contributed by atoms with Gasteiger partial charge in [-0.1, -0.05) is 12.1 Å². The van der Waals surface area contributed by atoms with Gasteiger partial charge in [0.1, 0.15) is 5.82 Å². The molecule has 1 aromatic carbocycles. The van der Waals surface area contributed by atoms with Crippen LogP contribution in [0.2, 0.25) is 0 Å². The Labute approximate surface area is 96.1 Å². The summed E-state index contributed by atoms with van der Waals surface area (Å²) >= 11 is 2.17. The lowest BCUT2D eigenvalue weighted by Crippen LogP contribution is -2.02. The lowest BCUT2D eigenvalue weighted by molar-refractivity contribution is 0.890. The molecule has 0 aliphatic heterocycles. The number of nitrogen functional groups attached to an aromatic ring is 1. The molecule has 0 atom stereocenters. The summed E-state index contributed by atoms with van der Waals surface area (Å²) in [4.78, 5) is 0. The van der Waals surface area contributed by atoms with Crippen molar-refractivity contribution in [3.05, 3.63) is 39.6 Å². The van der Waals surface area contributed by atoms with E-state index in [9.17, 15) is 0 Å². The number of nitrogens with zero attached hydrogens (tertiary/aromatic N) is 2. The maximum atomic E-state index is 5.88. The smallest absolute Gasteiger partial charge is 0.140 e. The zero-order valence-corrected chi connectivity index (χ0v) is 9.89. The Balaban J connectivity index is 2.55. The predicted molar refractivity (Wildman–Crippen MR) is 65.4 cm³/mol. The SMILES string of the molecule is Cc1cccc(-n2ncc(I)c2N)c1. The van der Waals surface area contributed by atoms with E-state index >= 15 is 0 Å². The molecule has 14 heavy (non-hydrogen) atoms. The molecule has 3 nitrogen and oxygen atoms in total. The van der Waals surface area contributed by atoms with Crippen molar-refractivity contribution in [1.82, 2.24) is 9.78 Å². The van der Waals surface area contributed by atoms with E-state index in [2.05, 4.69) is 33.8 Å². The summed E-state index contributed by atoms with van der Waals surface area (Å²) in [6, 6.07) is 8.10. The van der Waals surface area contributed by atoms with E-state index in [4.69, 9.17) is 5.73 Å². The first-order valence-electron chi connectivity index (χ1n) is 4.24. The molecule has 0 saturated carbocycles. The van der Waals surface area contributed by atoms with Crippen LogP contribution in [0.5, 0.6) is 0 Å². The van der Waals surface area contributed by atoms with Crippen LogP contribution in [-0.4, -0.2) is 9.78 Å². The van der Waals surface area contributed by atoms with Gasteiger partial charge in [-0.2, -0.15) is 5.10 Å². The van der Waals surface area contributed by atoms with Crippen LogP contribution >= 0.6 is 22.6 Å². The third-order valence-corrected chi connectivity index (χ3v) is 2.84. The van der Waals surface area contributed by atoms with Gasteiger partial charge >= 0.3 is 0 Å². The second kappa shape index (κ2) is 3.61. The van der Waals surface area contributed by atoms with Gasteiger partial charge in [0.25, 0.3) is 0 Å². The monoisotopic (exact) mass is 299 g/mol. The van der Waals surface area contributed by atoms with Gasteiger partial charge in [0.15, 0.2) is 0 Å². The van der Waals surface area contributed by atoms with Gasteiger partial charge in [0.05, 0.1) is 15.5 Å². The van der Waals surface area contributed by atoms with Crippen molar-refractivity contribution in [3.63, 3.8) is 0 Å². The Morgan fingerprint density at radius 1 is 1.43 bits per heavy atom. The van der Waals surface area contributed by atoms with Crippen molar-refractivity contribution in [2.24, 2.45) is 0 Å². The van der Waals surface area contributed by atoms with E-state index in [0.717, 1.165) is 9.26 Å². The minimum absolute atomic E-state index is 0.691. The zero-order valence-electron chi connectivity index (χ0n) is 7.74. The molecule has 2 aromatic rings. The molecule has 0 fully saturated rings. The topological polar surface area (TPSA) is 43.8 Å². The van der Waals surface area contributed by atoms with Crippen LogP contribution in [0.25, 0.3) is 5.69 Å². The van der Waals surface area contributed by atoms with Crippen molar-refractivity contribution in [1.29, 1.82) is 0 Å². The summed E-state index contributed by atoms with van der Waals surface area (Å²) in [5, 5.41) is 4.21. The fourth-order valence-corrected chi connectivity index (χ4v) is 1.66. The first kappa shape index (κ1) is 9.51. The molecule has 2 N–H and O–H groups in total. The number of rotatable bonds is 1. The van der Waals surface area contributed by atoms with E-state index < -0.39 is 0 Å². The van der Waals surface area contributed by atoms with Crippen LogP contribution in [0.1, 0.15) is 5.56 Å². The summed E-state index contributed by atoms with van der Waals surface area (Å²) in [6.45, 7) is 2.05. The molecule has 0 saturated heterocycles. The Bertz CT molecular complexity index is 462. The normalized spacial score (nSPS) is 10.4. The van der Waals surface area contributed by atoms with Gasteiger partial charge < -0.3 is 5.73 Å². The van der Waals surface area contributed by atoms with Gasteiger partial charge in [0, 0.05) is 0 Å². The van der Waals surface area contributed by atoms with E-state index in [0.29, 0.717) is 5.82 Å². The number of hydrogen-bond acceptors (Lipinski definition) is 2. The number of aromatic nitrogens is 2. The van der Waals surface area contributed by atoms with Crippen molar-refractivity contribution in [2.45, 2.75) is 6.92 Å². The first-order valence-corrected chi connectivity index (χ1v) is 5.32. The maximum Gasteiger partial charge on any atom is 0.140 e. The van der Waals surface area contributed by atoms with Gasteiger partial charge in [-0.05, 0) is 47.2 Å². The number of anilines is 1. The largest absolute Gasteiger partial charge is 0.383 e. The highest BCUT2D eigenvalue weighted by Gasteiger charge is 2.05. The number of halogens is 1. The molecule has 4 heteroatoms. The van der Waals surface area contributed by atoms with E-state index in [1.54, 1.807) is 10.9 Å². The van der Waals surface area contributed by atoms with Crippen LogP contribution in [0.15, 0.2) is 30.5 Å². The number of aryl methyl sites for hydroxylation is 1. The van der Waals surface area contributed by atoms with Crippen molar-refractivity contribution < 1.29 is 0 Å².